The Hall–Kier alpha value is -1.42. The molecule has 20 heavy (non-hydrogen) atoms. The molecular weight excluding hydrogens is 252 g/mol. The predicted octanol–water partition coefficient (Wildman–Crippen LogP) is 3.82. The summed E-state index contributed by atoms with van der Waals surface area (Å²) in [4.78, 5) is 10.6. The molecule has 110 valence electrons. The van der Waals surface area contributed by atoms with Gasteiger partial charge in [0.1, 0.15) is 0 Å². The van der Waals surface area contributed by atoms with Crippen LogP contribution in [0.4, 0.5) is 5.69 Å². The molecule has 0 radical (unpaired) electrons. The second kappa shape index (κ2) is 6.35. The fourth-order valence-electron chi connectivity index (χ4n) is 3.05. The molecule has 0 aliphatic heterocycles. The van der Waals surface area contributed by atoms with E-state index in [1.54, 1.807) is 12.1 Å². The lowest BCUT2D eigenvalue weighted by Crippen LogP contribution is -2.35. The fraction of sp³-hybridized carbons (Fsp3) is 0.625. The van der Waals surface area contributed by atoms with Crippen LogP contribution in [0.15, 0.2) is 18.2 Å². The summed E-state index contributed by atoms with van der Waals surface area (Å²) in [5.41, 5.74) is 2.03. The number of benzene rings is 1. The maximum atomic E-state index is 10.9. The SMILES string of the molecule is Cc1c(CNC2CCC(C)C(C)C2)cccc1[N+](=O)[O-]. The molecule has 1 aromatic carbocycles. The zero-order valence-corrected chi connectivity index (χ0v) is 12.6. The van der Waals surface area contributed by atoms with Crippen molar-refractivity contribution in [3.8, 4) is 0 Å². The zero-order chi connectivity index (χ0) is 14.7. The van der Waals surface area contributed by atoms with Crippen LogP contribution in [-0.2, 0) is 6.54 Å². The molecule has 3 unspecified atom stereocenters. The van der Waals surface area contributed by atoms with E-state index in [-0.39, 0.29) is 10.6 Å². The molecule has 0 bridgehead atoms. The monoisotopic (exact) mass is 276 g/mol. The first kappa shape index (κ1) is 15.0. The van der Waals surface area contributed by atoms with Crippen LogP contribution in [0.5, 0.6) is 0 Å². The lowest BCUT2D eigenvalue weighted by atomic mass is 9.79. The Morgan fingerprint density at radius 3 is 2.70 bits per heavy atom. The third kappa shape index (κ3) is 3.37. The van der Waals surface area contributed by atoms with Crippen LogP contribution >= 0.6 is 0 Å². The summed E-state index contributed by atoms with van der Waals surface area (Å²) in [6.45, 7) is 7.20. The van der Waals surface area contributed by atoms with Gasteiger partial charge in [0, 0.05) is 24.2 Å². The van der Waals surface area contributed by atoms with E-state index in [9.17, 15) is 10.1 Å². The summed E-state index contributed by atoms with van der Waals surface area (Å²) in [6, 6.07) is 5.86. The molecule has 1 aliphatic rings. The Morgan fingerprint density at radius 2 is 2.05 bits per heavy atom. The normalized spacial score (nSPS) is 26.4. The molecular formula is C16H24N2O2. The minimum atomic E-state index is -0.302. The van der Waals surface area contributed by atoms with Crippen LogP contribution in [0.2, 0.25) is 0 Å². The topological polar surface area (TPSA) is 55.2 Å². The molecule has 0 spiro atoms. The van der Waals surface area contributed by atoms with E-state index < -0.39 is 0 Å². The molecule has 4 heteroatoms. The number of nitro benzene ring substituents is 1. The summed E-state index contributed by atoms with van der Waals surface area (Å²) in [5, 5.41) is 14.5. The maximum Gasteiger partial charge on any atom is 0.272 e. The van der Waals surface area contributed by atoms with E-state index in [2.05, 4.69) is 19.2 Å². The Morgan fingerprint density at radius 1 is 1.30 bits per heavy atom. The lowest BCUT2D eigenvalue weighted by Gasteiger charge is -2.32. The molecule has 1 aromatic rings. The third-order valence-electron chi connectivity index (χ3n) is 4.79. The van der Waals surface area contributed by atoms with Gasteiger partial charge in [-0.3, -0.25) is 10.1 Å². The Bertz CT molecular complexity index is 487. The van der Waals surface area contributed by atoms with Gasteiger partial charge in [-0.15, -0.1) is 0 Å². The molecule has 4 nitrogen and oxygen atoms in total. The van der Waals surface area contributed by atoms with Gasteiger partial charge in [0.15, 0.2) is 0 Å². The Labute approximate surface area is 120 Å². The summed E-state index contributed by atoms with van der Waals surface area (Å²) >= 11 is 0. The van der Waals surface area contributed by atoms with Gasteiger partial charge in [-0.1, -0.05) is 26.0 Å². The van der Waals surface area contributed by atoms with Crippen molar-refractivity contribution in [1.29, 1.82) is 0 Å². The molecule has 1 saturated carbocycles. The minimum absolute atomic E-state index is 0.218. The summed E-state index contributed by atoms with van der Waals surface area (Å²) in [6.07, 6.45) is 3.68. The Balaban J connectivity index is 1.98. The molecule has 0 heterocycles. The second-order valence-corrected chi connectivity index (χ2v) is 6.16. The molecule has 0 amide bonds. The second-order valence-electron chi connectivity index (χ2n) is 6.16. The van der Waals surface area contributed by atoms with E-state index in [1.165, 1.54) is 19.3 Å². The van der Waals surface area contributed by atoms with Crippen LogP contribution < -0.4 is 5.32 Å². The summed E-state index contributed by atoms with van der Waals surface area (Å²) in [7, 11) is 0. The first-order valence-corrected chi connectivity index (χ1v) is 7.45. The highest BCUT2D eigenvalue weighted by molar-refractivity contribution is 5.44. The quantitative estimate of drug-likeness (QED) is 0.672. The highest BCUT2D eigenvalue weighted by Gasteiger charge is 2.24. The van der Waals surface area contributed by atoms with Gasteiger partial charge in [-0.25, -0.2) is 0 Å². The van der Waals surface area contributed by atoms with E-state index in [0.29, 0.717) is 6.04 Å². The van der Waals surface area contributed by atoms with Crippen LogP contribution in [0.25, 0.3) is 0 Å². The number of hydrogen-bond donors (Lipinski definition) is 1. The van der Waals surface area contributed by atoms with Crippen molar-refractivity contribution < 1.29 is 4.92 Å². The van der Waals surface area contributed by atoms with Crippen molar-refractivity contribution in [2.75, 3.05) is 0 Å². The van der Waals surface area contributed by atoms with Crippen molar-refractivity contribution in [3.05, 3.63) is 39.4 Å². The fourth-order valence-corrected chi connectivity index (χ4v) is 3.05. The van der Waals surface area contributed by atoms with Crippen molar-refractivity contribution in [2.45, 2.75) is 52.6 Å². The van der Waals surface area contributed by atoms with Gasteiger partial charge in [0.2, 0.25) is 0 Å². The standard InChI is InChI=1S/C16H24N2O2/c1-11-7-8-15(9-12(11)2)17-10-14-5-4-6-16(13(14)3)18(19)20/h4-6,11-12,15,17H,7-10H2,1-3H3. The number of nitro groups is 1. The third-order valence-corrected chi connectivity index (χ3v) is 4.79. The molecule has 1 aliphatic carbocycles. The van der Waals surface area contributed by atoms with E-state index in [1.807, 2.05) is 13.0 Å². The highest BCUT2D eigenvalue weighted by Crippen LogP contribution is 2.29. The van der Waals surface area contributed by atoms with Crippen molar-refractivity contribution >= 4 is 5.69 Å². The van der Waals surface area contributed by atoms with E-state index in [4.69, 9.17) is 0 Å². The number of nitrogens with one attached hydrogen (secondary N) is 1. The average Bonchev–Trinajstić information content (AvgIpc) is 2.41. The molecule has 2 rings (SSSR count). The van der Waals surface area contributed by atoms with Gasteiger partial charge in [-0.05, 0) is 43.6 Å². The largest absolute Gasteiger partial charge is 0.310 e. The minimum Gasteiger partial charge on any atom is -0.310 e. The lowest BCUT2D eigenvalue weighted by molar-refractivity contribution is -0.385. The molecule has 1 fully saturated rings. The van der Waals surface area contributed by atoms with E-state index in [0.717, 1.165) is 29.5 Å². The zero-order valence-electron chi connectivity index (χ0n) is 12.6. The Kier molecular flexibility index (Phi) is 4.76. The van der Waals surface area contributed by atoms with Crippen LogP contribution in [-0.4, -0.2) is 11.0 Å². The van der Waals surface area contributed by atoms with Crippen molar-refractivity contribution in [2.24, 2.45) is 11.8 Å². The van der Waals surface area contributed by atoms with Gasteiger partial charge in [0.25, 0.3) is 5.69 Å². The summed E-state index contributed by atoms with van der Waals surface area (Å²) in [5.74, 6) is 1.57. The molecule has 3 atom stereocenters. The van der Waals surface area contributed by atoms with Crippen LogP contribution in [0.3, 0.4) is 0 Å². The van der Waals surface area contributed by atoms with Crippen molar-refractivity contribution in [3.63, 3.8) is 0 Å². The summed E-state index contributed by atoms with van der Waals surface area (Å²) < 4.78 is 0. The number of rotatable bonds is 4. The van der Waals surface area contributed by atoms with E-state index >= 15 is 0 Å². The van der Waals surface area contributed by atoms with Gasteiger partial charge in [-0.2, -0.15) is 0 Å². The first-order valence-electron chi connectivity index (χ1n) is 7.45. The average molecular weight is 276 g/mol. The van der Waals surface area contributed by atoms with Crippen LogP contribution in [0, 0.1) is 28.9 Å². The van der Waals surface area contributed by atoms with Gasteiger partial charge >= 0.3 is 0 Å². The molecule has 1 N–H and O–H groups in total. The molecule has 0 aromatic heterocycles. The smallest absolute Gasteiger partial charge is 0.272 e. The number of hydrogen-bond acceptors (Lipinski definition) is 3. The first-order chi connectivity index (χ1) is 9.49. The van der Waals surface area contributed by atoms with Gasteiger partial charge < -0.3 is 5.32 Å². The van der Waals surface area contributed by atoms with Crippen molar-refractivity contribution in [1.82, 2.24) is 5.32 Å². The maximum absolute atomic E-state index is 10.9. The molecule has 0 saturated heterocycles. The van der Waals surface area contributed by atoms with Crippen LogP contribution in [0.1, 0.15) is 44.2 Å². The number of nitrogens with zero attached hydrogens (tertiary/aromatic N) is 1. The highest BCUT2D eigenvalue weighted by atomic mass is 16.6. The predicted molar refractivity (Wildman–Crippen MR) is 80.6 cm³/mol. The van der Waals surface area contributed by atoms with Gasteiger partial charge in [0.05, 0.1) is 4.92 Å².